The largest absolute Gasteiger partial charge is 0.573 e. The van der Waals surface area contributed by atoms with Gasteiger partial charge in [-0.25, -0.2) is 18.2 Å². The van der Waals surface area contributed by atoms with Crippen molar-refractivity contribution in [3.8, 4) is 11.5 Å². The first-order valence-corrected chi connectivity index (χ1v) is 13.3. The molecule has 0 bridgehead atoms. The molecule has 0 radical (unpaired) electrons. The number of methoxy groups -OCH3 is 1. The number of aromatic nitrogens is 1. The van der Waals surface area contributed by atoms with E-state index in [1.165, 1.54) is 38.4 Å². The average molecular weight is 643 g/mol. The van der Waals surface area contributed by atoms with Gasteiger partial charge in [0.25, 0.3) is 5.91 Å². The molecule has 2 fully saturated rings. The fourth-order valence-corrected chi connectivity index (χ4v) is 4.69. The fraction of sp³-hybridized carbons (Fsp3) is 0.367. The van der Waals surface area contributed by atoms with Crippen molar-refractivity contribution < 1.29 is 50.1 Å². The van der Waals surface area contributed by atoms with E-state index in [4.69, 9.17) is 9.47 Å². The number of rotatable bonds is 7. The summed E-state index contributed by atoms with van der Waals surface area (Å²) >= 11 is 0. The molecule has 2 aromatic carbocycles. The van der Waals surface area contributed by atoms with Gasteiger partial charge in [0.15, 0.2) is 11.6 Å². The Kier molecular flexibility index (Phi) is 11.6. The van der Waals surface area contributed by atoms with Gasteiger partial charge in [-0.2, -0.15) is 0 Å². The molecule has 3 aromatic rings. The summed E-state index contributed by atoms with van der Waals surface area (Å²) in [6.07, 6.45) is -4.06. The molecule has 2 N–H and O–H groups in total. The van der Waals surface area contributed by atoms with E-state index < -0.39 is 35.6 Å². The summed E-state index contributed by atoms with van der Waals surface area (Å²) in [6.45, 7) is 1.09. The van der Waals surface area contributed by atoms with Crippen molar-refractivity contribution in [2.24, 2.45) is 0 Å². The van der Waals surface area contributed by atoms with Gasteiger partial charge in [-0.05, 0) is 42.8 Å². The number of hydrogen-bond donors (Lipinski definition) is 2. The first kappa shape index (κ1) is 35.0. The summed E-state index contributed by atoms with van der Waals surface area (Å²) in [5, 5.41) is 5.49. The van der Waals surface area contributed by atoms with Crippen LogP contribution in [0.15, 0.2) is 48.5 Å². The Morgan fingerprint density at radius 1 is 1.02 bits per heavy atom. The second kappa shape index (κ2) is 15.0. The van der Waals surface area contributed by atoms with Crippen LogP contribution in [0.25, 0.3) is 0 Å². The zero-order valence-corrected chi connectivity index (χ0v) is 23.5. The standard InChI is InChI=1S/C20H20F3N3O3.C9H8F3NO2.CH4/c1-28-13-7-15(22)19(16(23)8-13)11-6-18(27)26(9-11)20-14(21)2-3-17(25-20)24-12-4-5-29-10-12;1-13-8(14)6-2-4-7(5-3-6)15-9(10,11)12;/h2-3,7-8,11-12H,4-6,9-10H2,1H3,(H,24,25);2-5H,1H3,(H,13,14);1H4. The monoisotopic (exact) mass is 642 g/mol. The van der Waals surface area contributed by atoms with Crippen LogP contribution in [0, 0.1) is 17.5 Å². The van der Waals surface area contributed by atoms with Gasteiger partial charge in [0.1, 0.15) is 29.0 Å². The third kappa shape index (κ3) is 9.00. The normalized spacial score (nSPS) is 17.6. The molecule has 15 heteroatoms. The Labute approximate surface area is 255 Å². The maximum Gasteiger partial charge on any atom is 0.573 e. The molecular formula is C30H32F6N4O5. The Hall–Kier alpha value is -4.53. The number of carbonyl (C=O) groups is 2. The van der Waals surface area contributed by atoms with Crippen molar-refractivity contribution in [1.82, 2.24) is 10.3 Å². The SMILES string of the molecule is C.CNC(=O)c1ccc(OC(F)(F)F)cc1.COc1cc(F)c(C2CC(=O)N(c3nc(NC4CCOC4)ccc3F)C2)c(F)c1. The molecule has 0 aliphatic carbocycles. The van der Waals surface area contributed by atoms with Gasteiger partial charge < -0.3 is 24.8 Å². The van der Waals surface area contributed by atoms with Gasteiger partial charge in [0, 0.05) is 55.8 Å². The van der Waals surface area contributed by atoms with Crippen molar-refractivity contribution in [2.45, 2.75) is 38.6 Å². The number of anilines is 2. The van der Waals surface area contributed by atoms with E-state index >= 15 is 0 Å². The summed E-state index contributed by atoms with van der Waals surface area (Å²) in [6, 6.07) is 9.56. The minimum atomic E-state index is -4.71. The number of hydrogen-bond acceptors (Lipinski definition) is 7. The Bertz CT molecular complexity index is 1460. The number of halogens is 6. The molecule has 2 amide bonds. The van der Waals surface area contributed by atoms with E-state index in [2.05, 4.69) is 20.4 Å². The van der Waals surface area contributed by atoms with Crippen molar-refractivity contribution >= 4 is 23.5 Å². The number of amides is 2. The highest BCUT2D eigenvalue weighted by atomic mass is 19.4. The van der Waals surface area contributed by atoms with Gasteiger partial charge in [0.05, 0.1) is 19.8 Å². The van der Waals surface area contributed by atoms with Crippen LogP contribution in [0.3, 0.4) is 0 Å². The number of alkyl halides is 3. The van der Waals surface area contributed by atoms with E-state index in [1.54, 1.807) is 0 Å². The van der Waals surface area contributed by atoms with Crippen molar-refractivity contribution in [3.63, 3.8) is 0 Å². The number of benzene rings is 2. The molecule has 2 atom stereocenters. The second-order valence-corrected chi connectivity index (χ2v) is 9.77. The topological polar surface area (TPSA) is 102 Å². The summed E-state index contributed by atoms with van der Waals surface area (Å²) in [7, 11) is 2.74. The van der Waals surface area contributed by atoms with Crippen LogP contribution >= 0.6 is 0 Å². The lowest BCUT2D eigenvalue weighted by Gasteiger charge is -2.19. The van der Waals surface area contributed by atoms with Gasteiger partial charge in [-0.15, -0.1) is 13.2 Å². The number of carbonyl (C=O) groups excluding carboxylic acids is 2. The lowest BCUT2D eigenvalue weighted by Crippen LogP contribution is -2.27. The first-order valence-electron chi connectivity index (χ1n) is 13.3. The van der Waals surface area contributed by atoms with E-state index in [1.807, 2.05) is 0 Å². The van der Waals surface area contributed by atoms with E-state index in [9.17, 15) is 35.9 Å². The number of ether oxygens (including phenoxy) is 3. The number of nitrogens with zero attached hydrogens (tertiary/aromatic N) is 2. The molecule has 3 heterocycles. The van der Waals surface area contributed by atoms with Crippen LogP contribution in [0.5, 0.6) is 11.5 Å². The summed E-state index contributed by atoms with van der Waals surface area (Å²) in [5.41, 5.74) is 0.0615. The highest BCUT2D eigenvalue weighted by Crippen LogP contribution is 2.36. The average Bonchev–Trinajstić information content (AvgIpc) is 3.62. The molecule has 0 saturated carbocycles. The van der Waals surface area contributed by atoms with E-state index in [-0.39, 0.29) is 60.8 Å². The van der Waals surface area contributed by atoms with Crippen LogP contribution in [0.1, 0.15) is 42.1 Å². The predicted molar refractivity (Wildman–Crippen MR) is 153 cm³/mol. The highest BCUT2D eigenvalue weighted by Gasteiger charge is 2.37. The summed E-state index contributed by atoms with van der Waals surface area (Å²) < 4.78 is 92.3. The molecule has 0 spiro atoms. The second-order valence-electron chi connectivity index (χ2n) is 9.77. The maximum atomic E-state index is 14.4. The van der Waals surface area contributed by atoms with Crippen molar-refractivity contribution in [1.29, 1.82) is 0 Å². The molecule has 244 valence electrons. The lowest BCUT2D eigenvalue weighted by atomic mass is 9.97. The molecule has 45 heavy (non-hydrogen) atoms. The molecule has 2 aliphatic rings. The van der Waals surface area contributed by atoms with Gasteiger partial charge >= 0.3 is 6.36 Å². The molecule has 2 saturated heterocycles. The molecule has 2 unspecified atom stereocenters. The van der Waals surface area contributed by atoms with Crippen LogP contribution in [-0.2, 0) is 9.53 Å². The number of nitrogens with one attached hydrogen (secondary N) is 2. The molecular weight excluding hydrogens is 610 g/mol. The molecule has 1 aromatic heterocycles. The zero-order valence-electron chi connectivity index (χ0n) is 23.5. The van der Waals surface area contributed by atoms with Crippen LogP contribution < -0.4 is 25.0 Å². The third-order valence-corrected chi connectivity index (χ3v) is 6.76. The van der Waals surface area contributed by atoms with Crippen LogP contribution in [0.4, 0.5) is 38.0 Å². The van der Waals surface area contributed by atoms with Gasteiger partial charge in [-0.1, -0.05) is 7.43 Å². The summed E-state index contributed by atoms with van der Waals surface area (Å²) in [4.78, 5) is 28.9. The predicted octanol–water partition coefficient (Wildman–Crippen LogP) is 5.81. The Balaban J connectivity index is 0.000000294. The van der Waals surface area contributed by atoms with E-state index in [0.717, 1.165) is 35.6 Å². The first-order chi connectivity index (χ1) is 20.9. The minimum absolute atomic E-state index is 0. The third-order valence-electron chi connectivity index (χ3n) is 6.76. The summed E-state index contributed by atoms with van der Waals surface area (Å²) in [5.74, 6) is -3.89. The highest BCUT2D eigenvalue weighted by molar-refractivity contribution is 5.96. The van der Waals surface area contributed by atoms with Crippen LogP contribution in [0.2, 0.25) is 0 Å². The Morgan fingerprint density at radius 3 is 2.24 bits per heavy atom. The smallest absolute Gasteiger partial charge is 0.497 e. The Morgan fingerprint density at radius 2 is 1.69 bits per heavy atom. The van der Waals surface area contributed by atoms with Crippen molar-refractivity contribution in [2.75, 3.05) is 44.1 Å². The van der Waals surface area contributed by atoms with Crippen LogP contribution in [-0.4, -0.2) is 63.1 Å². The quantitative estimate of drug-likeness (QED) is 0.314. The molecule has 2 aliphatic heterocycles. The number of pyridine rings is 1. The van der Waals surface area contributed by atoms with Gasteiger partial charge in [0.2, 0.25) is 5.91 Å². The molecule has 5 rings (SSSR count). The minimum Gasteiger partial charge on any atom is -0.497 e. The maximum absolute atomic E-state index is 14.4. The van der Waals surface area contributed by atoms with Crippen molar-refractivity contribution in [3.05, 3.63) is 77.1 Å². The van der Waals surface area contributed by atoms with Gasteiger partial charge in [-0.3, -0.25) is 14.5 Å². The zero-order chi connectivity index (χ0) is 32.0. The molecule has 9 nitrogen and oxygen atoms in total. The fourth-order valence-electron chi connectivity index (χ4n) is 4.69. The van der Waals surface area contributed by atoms with E-state index in [0.29, 0.717) is 19.0 Å². The lowest BCUT2D eigenvalue weighted by molar-refractivity contribution is -0.274.